The normalized spacial score (nSPS) is 9.65. The van der Waals surface area contributed by atoms with Crippen molar-refractivity contribution in [3.8, 4) is 5.75 Å². The highest BCUT2D eigenvalue weighted by Crippen LogP contribution is 2.27. The van der Waals surface area contributed by atoms with Crippen LogP contribution in [0.15, 0.2) is 18.2 Å². The molecule has 0 radical (unpaired) electrons. The molecule has 0 spiro atoms. The number of benzene rings is 1. The monoisotopic (exact) mass is 240 g/mol. The highest BCUT2D eigenvalue weighted by Gasteiger charge is 2.18. The predicted octanol–water partition coefficient (Wildman–Crippen LogP) is 0.157. The van der Waals surface area contributed by atoms with E-state index < -0.39 is 29.1 Å². The summed E-state index contributed by atoms with van der Waals surface area (Å²) in [7, 11) is 0. The molecule has 0 heterocycles. The van der Waals surface area contributed by atoms with E-state index in [9.17, 15) is 19.7 Å². The molecule has 0 unspecified atom stereocenters. The fraction of sp³-hybridized carbons (Fsp3) is 0.111. The van der Waals surface area contributed by atoms with Crippen LogP contribution in [0, 0.1) is 10.1 Å². The Labute approximate surface area is 94.7 Å². The van der Waals surface area contributed by atoms with Crippen molar-refractivity contribution in [1.29, 1.82) is 0 Å². The summed E-state index contributed by atoms with van der Waals surface area (Å²) in [6.07, 6.45) is 0. The average Bonchev–Trinajstić information content (AvgIpc) is 2.25. The standard InChI is InChI=1S/C9H8N2O6/c10-8(12)4-17-7-3-5(9(13)14)1-2-6(7)11(15)16/h1-3H,4H2,(H2,10,12)(H,13,14). The van der Waals surface area contributed by atoms with Crippen LogP contribution < -0.4 is 10.5 Å². The van der Waals surface area contributed by atoms with Crippen LogP contribution in [0.1, 0.15) is 10.4 Å². The SMILES string of the molecule is NC(=O)COc1cc(C(=O)O)ccc1[N+](=O)[O-]. The zero-order valence-corrected chi connectivity index (χ0v) is 8.45. The quantitative estimate of drug-likeness (QED) is 0.556. The van der Waals surface area contributed by atoms with Crippen LogP contribution in [0.25, 0.3) is 0 Å². The third-order valence-electron chi connectivity index (χ3n) is 1.77. The fourth-order valence-corrected chi connectivity index (χ4v) is 1.06. The maximum Gasteiger partial charge on any atom is 0.335 e. The van der Waals surface area contributed by atoms with Crippen LogP contribution in [-0.4, -0.2) is 28.5 Å². The number of ether oxygens (including phenoxy) is 1. The van der Waals surface area contributed by atoms with Crippen LogP contribution in [0.5, 0.6) is 5.75 Å². The third kappa shape index (κ3) is 3.16. The lowest BCUT2D eigenvalue weighted by molar-refractivity contribution is -0.385. The fourth-order valence-electron chi connectivity index (χ4n) is 1.06. The van der Waals surface area contributed by atoms with E-state index in [0.29, 0.717) is 0 Å². The molecule has 8 nitrogen and oxygen atoms in total. The van der Waals surface area contributed by atoms with Gasteiger partial charge in [0.2, 0.25) is 0 Å². The average molecular weight is 240 g/mol. The zero-order chi connectivity index (χ0) is 13.0. The summed E-state index contributed by atoms with van der Waals surface area (Å²) in [4.78, 5) is 31.0. The van der Waals surface area contributed by atoms with Crippen molar-refractivity contribution in [2.24, 2.45) is 5.73 Å². The van der Waals surface area contributed by atoms with Crippen molar-refractivity contribution in [3.05, 3.63) is 33.9 Å². The summed E-state index contributed by atoms with van der Waals surface area (Å²) in [6.45, 7) is -0.566. The molecular weight excluding hydrogens is 232 g/mol. The highest BCUT2D eigenvalue weighted by molar-refractivity contribution is 5.88. The minimum Gasteiger partial charge on any atom is -0.478 e. The second-order valence-electron chi connectivity index (χ2n) is 3.00. The first kappa shape index (κ1) is 12.4. The van der Waals surface area contributed by atoms with Crippen LogP contribution >= 0.6 is 0 Å². The second kappa shape index (κ2) is 4.92. The van der Waals surface area contributed by atoms with Gasteiger partial charge in [-0.05, 0) is 6.07 Å². The number of nitro groups is 1. The Morgan fingerprint density at radius 2 is 2.12 bits per heavy atom. The third-order valence-corrected chi connectivity index (χ3v) is 1.77. The molecule has 0 saturated heterocycles. The molecule has 3 N–H and O–H groups in total. The summed E-state index contributed by atoms with van der Waals surface area (Å²) in [5, 5.41) is 19.3. The first-order chi connectivity index (χ1) is 7.91. The van der Waals surface area contributed by atoms with E-state index in [0.717, 1.165) is 18.2 Å². The summed E-state index contributed by atoms with van der Waals surface area (Å²) in [5.74, 6) is -2.39. The smallest absolute Gasteiger partial charge is 0.335 e. The molecule has 8 heteroatoms. The van der Waals surface area contributed by atoms with Crippen LogP contribution in [-0.2, 0) is 4.79 Å². The van der Waals surface area contributed by atoms with Crippen molar-refractivity contribution in [2.45, 2.75) is 0 Å². The molecule has 0 aliphatic rings. The van der Waals surface area contributed by atoms with Gasteiger partial charge < -0.3 is 15.6 Å². The van der Waals surface area contributed by atoms with E-state index >= 15 is 0 Å². The molecule has 0 bridgehead atoms. The lowest BCUT2D eigenvalue weighted by Crippen LogP contribution is -2.20. The molecular formula is C9H8N2O6. The van der Waals surface area contributed by atoms with Crippen molar-refractivity contribution in [1.82, 2.24) is 0 Å². The number of nitro benzene ring substituents is 1. The minimum absolute atomic E-state index is 0.185. The van der Waals surface area contributed by atoms with Crippen molar-refractivity contribution < 1.29 is 24.4 Å². The van der Waals surface area contributed by atoms with E-state index in [1.165, 1.54) is 0 Å². The number of nitrogens with two attached hydrogens (primary N) is 1. The van der Waals surface area contributed by atoms with Gasteiger partial charge in [-0.2, -0.15) is 0 Å². The maximum atomic E-state index is 10.7. The van der Waals surface area contributed by atoms with Crippen LogP contribution in [0.3, 0.4) is 0 Å². The van der Waals surface area contributed by atoms with Crippen LogP contribution in [0.2, 0.25) is 0 Å². The summed E-state index contributed by atoms with van der Waals surface area (Å²) >= 11 is 0. The number of rotatable bonds is 5. The Balaban J connectivity index is 3.11. The number of carbonyl (C=O) groups is 2. The van der Waals surface area contributed by atoms with Gasteiger partial charge >= 0.3 is 11.7 Å². The van der Waals surface area contributed by atoms with Crippen molar-refractivity contribution in [2.75, 3.05) is 6.61 Å². The van der Waals surface area contributed by atoms with Gasteiger partial charge in [-0.3, -0.25) is 14.9 Å². The van der Waals surface area contributed by atoms with Crippen LogP contribution in [0.4, 0.5) is 5.69 Å². The zero-order valence-electron chi connectivity index (χ0n) is 8.45. The number of carboxylic acid groups (broad SMARTS) is 1. The number of nitrogens with zero attached hydrogens (tertiary/aromatic N) is 1. The molecule has 0 aromatic heterocycles. The number of hydrogen-bond donors (Lipinski definition) is 2. The summed E-state index contributed by atoms with van der Waals surface area (Å²) in [6, 6.07) is 3.01. The van der Waals surface area contributed by atoms with Crippen molar-refractivity contribution in [3.63, 3.8) is 0 Å². The largest absolute Gasteiger partial charge is 0.478 e. The Morgan fingerprint density at radius 1 is 1.47 bits per heavy atom. The number of aromatic carboxylic acids is 1. The van der Waals surface area contributed by atoms with Gasteiger partial charge in [0.25, 0.3) is 5.91 Å². The second-order valence-corrected chi connectivity index (χ2v) is 3.00. The topological polar surface area (TPSA) is 133 Å². The van der Waals surface area contributed by atoms with E-state index in [1.54, 1.807) is 0 Å². The number of primary amides is 1. The molecule has 0 fully saturated rings. The van der Waals surface area contributed by atoms with E-state index in [-0.39, 0.29) is 11.3 Å². The van der Waals surface area contributed by atoms with Gasteiger partial charge in [-0.15, -0.1) is 0 Å². The molecule has 1 aromatic rings. The Bertz CT molecular complexity index is 484. The number of carboxylic acids is 1. The molecule has 0 saturated carbocycles. The highest BCUT2D eigenvalue weighted by atomic mass is 16.6. The van der Waals surface area contributed by atoms with Crippen molar-refractivity contribution >= 4 is 17.6 Å². The molecule has 1 rings (SSSR count). The Hall–Kier alpha value is -2.64. The molecule has 0 atom stereocenters. The molecule has 90 valence electrons. The number of hydrogen-bond acceptors (Lipinski definition) is 5. The maximum absolute atomic E-state index is 10.7. The number of amides is 1. The summed E-state index contributed by atoms with van der Waals surface area (Å²) < 4.78 is 4.77. The van der Waals surface area contributed by atoms with Gasteiger partial charge in [0.15, 0.2) is 12.4 Å². The van der Waals surface area contributed by atoms with Gasteiger partial charge in [0.05, 0.1) is 10.5 Å². The van der Waals surface area contributed by atoms with Gasteiger partial charge in [0, 0.05) is 12.1 Å². The van der Waals surface area contributed by atoms with E-state index in [2.05, 4.69) is 0 Å². The molecule has 0 aliphatic carbocycles. The number of carbonyl (C=O) groups excluding carboxylic acids is 1. The van der Waals surface area contributed by atoms with Gasteiger partial charge in [0.1, 0.15) is 0 Å². The predicted molar refractivity (Wildman–Crippen MR) is 54.7 cm³/mol. The summed E-state index contributed by atoms with van der Waals surface area (Å²) in [5.41, 5.74) is 4.20. The van der Waals surface area contributed by atoms with Gasteiger partial charge in [-0.1, -0.05) is 0 Å². The minimum atomic E-state index is -1.26. The Kier molecular flexibility index (Phi) is 3.60. The molecule has 1 aromatic carbocycles. The van der Waals surface area contributed by atoms with E-state index in [4.69, 9.17) is 15.6 Å². The van der Waals surface area contributed by atoms with Gasteiger partial charge in [-0.25, -0.2) is 4.79 Å². The Morgan fingerprint density at radius 3 is 2.59 bits per heavy atom. The molecule has 17 heavy (non-hydrogen) atoms. The molecule has 0 aliphatic heterocycles. The first-order valence-corrected chi connectivity index (χ1v) is 4.34. The first-order valence-electron chi connectivity index (χ1n) is 4.34. The lowest BCUT2D eigenvalue weighted by atomic mass is 10.2. The lowest BCUT2D eigenvalue weighted by Gasteiger charge is -2.05. The molecule has 1 amide bonds. The van der Waals surface area contributed by atoms with E-state index in [1.807, 2.05) is 0 Å².